The number of nitrogens with two attached hydrogens (primary N) is 1. The fraction of sp³-hybridized carbons (Fsp3) is 0.111. The summed E-state index contributed by atoms with van der Waals surface area (Å²) < 4.78 is 11.2. The molecular formula is C9H9N4O7P. The molecule has 0 spiro atoms. The molecule has 0 aliphatic heterocycles. The highest BCUT2D eigenvalue weighted by atomic mass is 31.2. The highest BCUT2D eigenvalue weighted by molar-refractivity contribution is 7.52. The summed E-state index contributed by atoms with van der Waals surface area (Å²) in [6.07, 6.45) is 0. The van der Waals surface area contributed by atoms with Crippen LogP contribution in [-0.2, 0) is 4.57 Å². The number of nitrogens with one attached hydrogen (secondary N) is 2. The maximum Gasteiger partial charge on any atom is 0.346 e. The Morgan fingerprint density at radius 3 is 2.33 bits per heavy atom. The van der Waals surface area contributed by atoms with Crippen LogP contribution >= 0.6 is 7.60 Å². The number of rotatable bonds is 3. The molecule has 11 nitrogen and oxygen atoms in total. The molecule has 1 atom stereocenters. The normalized spacial score (nSPS) is 13.3. The van der Waals surface area contributed by atoms with Crippen LogP contribution < -0.4 is 16.9 Å². The number of aromatic nitrogens is 2. The van der Waals surface area contributed by atoms with Crippen LogP contribution in [0.5, 0.6) is 0 Å². The van der Waals surface area contributed by atoms with Crippen molar-refractivity contribution in [2.24, 2.45) is 5.73 Å². The fourth-order valence-electron chi connectivity index (χ4n) is 1.76. The Kier molecular flexibility index (Phi) is 3.51. The lowest BCUT2D eigenvalue weighted by Gasteiger charge is -2.15. The highest BCUT2D eigenvalue weighted by Crippen LogP contribution is 2.49. The Morgan fingerprint density at radius 1 is 1.24 bits per heavy atom. The molecule has 1 unspecified atom stereocenters. The average Bonchev–Trinajstić information content (AvgIpc) is 2.37. The van der Waals surface area contributed by atoms with E-state index < -0.39 is 35.1 Å². The van der Waals surface area contributed by atoms with Crippen LogP contribution in [0.2, 0.25) is 0 Å². The smallest absolute Gasteiger partial charge is 0.323 e. The van der Waals surface area contributed by atoms with Crippen molar-refractivity contribution in [2.75, 3.05) is 0 Å². The molecule has 2 rings (SSSR count). The monoisotopic (exact) mass is 316 g/mol. The molecule has 1 heterocycles. The van der Waals surface area contributed by atoms with Gasteiger partial charge in [-0.05, 0) is 0 Å². The summed E-state index contributed by atoms with van der Waals surface area (Å²) in [7, 11) is -4.82. The zero-order chi connectivity index (χ0) is 15.9. The third-order valence-electron chi connectivity index (χ3n) is 2.74. The van der Waals surface area contributed by atoms with E-state index in [0.717, 1.165) is 12.1 Å². The Balaban J connectivity index is 2.93. The Bertz CT molecular complexity index is 895. The van der Waals surface area contributed by atoms with Crippen LogP contribution in [-0.4, -0.2) is 24.7 Å². The van der Waals surface area contributed by atoms with Crippen molar-refractivity contribution in [1.29, 1.82) is 0 Å². The molecule has 0 saturated carbocycles. The molecule has 6 N–H and O–H groups in total. The van der Waals surface area contributed by atoms with Crippen molar-refractivity contribution < 1.29 is 19.3 Å². The number of benzene rings is 1. The van der Waals surface area contributed by atoms with Crippen molar-refractivity contribution in [2.45, 2.75) is 5.78 Å². The van der Waals surface area contributed by atoms with Crippen LogP contribution in [0.4, 0.5) is 5.69 Å². The van der Waals surface area contributed by atoms with E-state index in [0.29, 0.717) is 0 Å². The first kappa shape index (κ1) is 15.1. The average molecular weight is 316 g/mol. The van der Waals surface area contributed by atoms with Crippen LogP contribution in [0.25, 0.3) is 11.0 Å². The van der Waals surface area contributed by atoms with Gasteiger partial charge in [0.05, 0.1) is 16.0 Å². The molecule has 0 aliphatic carbocycles. The minimum absolute atomic E-state index is 0.160. The first-order chi connectivity index (χ1) is 9.61. The van der Waals surface area contributed by atoms with Gasteiger partial charge in [-0.2, -0.15) is 0 Å². The van der Waals surface area contributed by atoms with Crippen LogP contribution in [0, 0.1) is 10.1 Å². The van der Waals surface area contributed by atoms with Crippen molar-refractivity contribution in [3.05, 3.63) is 48.5 Å². The summed E-state index contributed by atoms with van der Waals surface area (Å²) in [6.45, 7) is 0. The molecule has 1 aromatic carbocycles. The predicted molar refractivity (Wildman–Crippen MR) is 70.8 cm³/mol. The summed E-state index contributed by atoms with van der Waals surface area (Å²) >= 11 is 0. The van der Waals surface area contributed by atoms with Gasteiger partial charge in [-0.3, -0.25) is 24.3 Å². The van der Waals surface area contributed by atoms with Crippen molar-refractivity contribution >= 4 is 24.3 Å². The predicted octanol–water partition coefficient (Wildman–Crippen LogP) is -0.740. The Hall–Kier alpha value is -2.33. The summed E-state index contributed by atoms with van der Waals surface area (Å²) in [5, 5.41) is 10.8. The van der Waals surface area contributed by atoms with E-state index in [9.17, 15) is 24.3 Å². The number of hydrogen-bond donors (Lipinski definition) is 5. The lowest BCUT2D eigenvalue weighted by atomic mass is 10.1. The zero-order valence-corrected chi connectivity index (χ0v) is 11.0. The van der Waals surface area contributed by atoms with E-state index in [1.165, 1.54) is 0 Å². The SMILES string of the molecule is NC(c1cc([N+](=O)[O-])cc2[nH]c(=O)c(=O)[nH]c12)P(=O)(O)O. The van der Waals surface area contributed by atoms with E-state index in [4.69, 9.17) is 15.5 Å². The zero-order valence-electron chi connectivity index (χ0n) is 10.1. The minimum atomic E-state index is -4.82. The van der Waals surface area contributed by atoms with Gasteiger partial charge in [-0.1, -0.05) is 0 Å². The second kappa shape index (κ2) is 4.90. The van der Waals surface area contributed by atoms with Crippen LogP contribution in [0.3, 0.4) is 0 Å². The standard InChI is InChI=1S/C9H9N4O7P/c10-7(21(18,19)20)4-1-3(13(16)17)2-5-6(4)12-9(15)8(14)11-5/h1-2,7H,10H2,(H,11,14)(H,12,15)(H2,18,19,20). The van der Waals surface area contributed by atoms with E-state index in [1.807, 2.05) is 0 Å². The van der Waals surface area contributed by atoms with E-state index >= 15 is 0 Å². The largest absolute Gasteiger partial charge is 0.346 e. The van der Waals surface area contributed by atoms with Gasteiger partial charge in [-0.15, -0.1) is 0 Å². The van der Waals surface area contributed by atoms with Crippen LogP contribution in [0.1, 0.15) is 11.3 Å². The number of H-pyrrole nitrogens is 2. The number of hydrogen-bond acceptors (Lipinski definition) is 6. The third kappa shape index (κ3) is 2.76. The topological polar surface area (TPSA) is 192 Å². The summed E-state index contributed by atoms with van der Waals surface area (Å²) in [5.41, 5.74) is 2.04. The number of nitro groups is 1. The molecule has 0 bridgehead atoms. The number of nitrogens with zero attached hydrogens (tertiary/aromatic N) is 1. The molecule has 0 radical (unpaired) electrons. The van der Waals surface area contributed by atoms with Gasteiger partial charge in [0.25, 0.3) is 5.69 Å². The lowest BCUT2D eigenvalue weighted by molar-refractivity contribution is -0.384. The lowest BCUT2D eigenvalue weighted by Crippen LogP contribution is -2.29. The first-order valence-corrected chi connectivity index (χ1v) is 7.05. The number of aromatic amines is 2. The number of fused-ring (bicyclic) bond motifs is 1. The molecular weight excluding hydrogens is 307 g/mol. The van der Waals surface area contributed by atoms with Gasteiger partial charge < -0.3 is 25.5 Å². The highest BCUT2D eigenvalue weighted by Gasteiger charge is 2.30. The second-order valence-electron chi connectivity index (χ2n) is 4.16. The maximum absolute atomic E-state index is 11.3. The quantitative estimate of drug-likeness (QED) is 0.211. The van der Waals surface area contributed by atoms with Crippen molar-refractivity contribution in [1.82, 2.24) is 9.97 Å². The van der Waals surface area contributed by atoms with Crippen LogP contribution in [0.15, 0.2) is 21.7 Å². The molecule has 0 fully saturated rings. The van der Waals surface area contributed by atoms with Gasteiger partial charge >= 0.3 is 18.7 Å². The summed E-state index contributed by atoms with van der Waals surface area (Å²) in [6, 6.07) is 1.78. The molecule has 0 amide bonds. The molecule has 12 heteroatoms. The van der Waals surface area contributed by atoms with E-state index in [-0.39, 0.29) is 16.6 Å². The van der Waals surface area contributed by atoms with Crippen molar-refractivity contribution in [3.8, 4) is 0 Å². The summed E-state index contributed by atoms with van der Waals surface area (Å²) in [5.74, 6) is -1.89. The van der Waals surface area contributed by atoms with Crippen molar-refractivity contribution in [3.63, 3.8) is 0 Å². The van der Waals surface area contributed by atoms with Gasteiger partial charge in [0.15, 0.2) is 0 Å². The molecule has 0 saturated heterocycles. The third-order valence-corrected chi connectivity index (χ3v) is 3.74. The Labute approximate surface area is 114 Å². The summed E-state index contributed by atoms with van der Waals surface area (Å²) in [4.78, 5) is 55.0. The number of nitro benzene ring substituents is 1. The molecule has 1 aromatic heterocycles. The molecule has 0 aliphatic rings. The van der Waals surface area contributed by atoms with E-state index in [2.05, 4.69) is 9.97 Å². The fourth-order valence-corrected chi connectivity index (χ4v) is 2.32. The second-order valence-corrected chi connectivity index (χ2v) is 5.89. The molecule has 21 heavy (non-hydrogen) atoms. The van der Waals surface area contributed by atoms with Gasteiger partial charge in [0.2, 0.25) is 0 Å². The van der Waals surface area contributed by atoms with Gasteiger partial charge in [0.1, 0.15) is 5.78 Å². The number of non-ortho nitro benzene ring substituents is 1. The van der Waals surface area contributed by atoms with Gasteiger partial charge in [0, 0.05) is 17.7 Å². The first-order valence-electron chi connectivity index (χ1n) is 5.36. The molecule has 112 valence electrons. The van der Waals surface area contributed by atoms with E-state index in [1.54, 1.807) is 0 Å². The minimum Gasteiger partial charge on any atom is -0.323 e. The Morgan fingerprint density at radius 2 is 1.81 bits per heavy atom. The molecule has 2 aromatic rings. The maximum atomic E-state index is 11.3. The van der Waals surface area contributed by atoms with Gasteiger partial charge in [-0.25, -0.2) is 0 Å².